The van der Waals surface area contributed by atoms with Gasteiger partial charge in [0.2, 0.25) is 0 Å². The van der Waals surface area contributed by atoms with E-state index in [4.69, 9.17) is 0 Å². The minimum Gasteiger partial charge on any atom is -0.316 e. The van der Waals surface area contributed by atoms with Crippen molar-refractivity contribution in [2.45, 2.75) is 127 Å². The van der Waals surface area contributed by atoms with Crippen LogP contribution in [0.5, 0.6) is 0 Å². The van der Waals surface area contributed by atoms with E-state index in [9.17, 15) is 0 Å². The van der Waals surface area contributed by atoms with E-state index in [1.54, 1.807) is 0 Å². The molecule has 196 valence electrons. The maximum atomic E-state index is 4.05. The van der Waals surface area contributed by atoms with E-state index in [-0.39, 0.29) is 0 Å². The summed E-state index contributed by atoms with van der Waals surface area (Å²) in [6.07, 6.45) is 25.2. The number of allylic oxidation sites excluding steroid dienone is 4. The van der Waals surface area contributed by atoms with Crippen LogP contribution in [0.2, 0.25) is 0 Å². The molecule has 1 nitrogen and oxygen atoms in total. The first-order valence-corrected chi connectivity index (χ1v) is 14.6. The van der Waals surface area contributed by atoms with Gasteiger partial charge in [0, 0.05) is 6.54 Å². The molecule has 0 spiro atoms. The molecule has 0 radical (unpaired) electrons. The van der Waals surface area contributed by atoms with Crippen LogP contribution in [0, 0.1) is 29.1 Å². The Bertz CT molecular complexity index is 471. The molecule has 0 aromatic carbocycles. The van der Waals surface area contributed by atoms with Gasteiger partial charge in [-0.05, 0) is 68.2 Å². The third-order valence-electron chi connectivity index (χ3n) is 7.25. The van der Waals surface area contributed by atoms with Crippen LogP contribution in [0.1, 0.15) is 127 Å². The molecule has 33 heavy (non-hydrogen) atoms. The highest BCUT2D eigenvalue weighted by Crippen LogP contribution is 2.42. The Morgan fingerprint density at radius 2 is 1.67 bits per heavy atom. The van der Waals surface area contributed by atoms with E-state index >= 15 is 0 Å². The molecule has 4 atom stereocenters. The molecule has 4 unspecified atom stereocenters. The van der Waals surface area contributed by atoms with Crippen LogP contribution < -0.4 is 5.32 Å². The lowest BCUT2D eigenvalue weighted by Gasteiger charge is -2.38. The van der Waals surface area contributed by atoms with E-state index in [0.717, 1.165) is 25.4 Å². The Labute approximate surface area is 211 Å². The van der Waals surface area contributed by atoms with Crippen LogP contribution in [0.4, 0.5) is 0 Å². The van der Waals surface area contributed by atoms with Crippen LogP contribution in [0.25, 0.3) is 0 Å². The van der Waals surface area contributed by atoms with Crippen LogP contribution in [-0.2, 0) is 0 Å². The molecule has 1 heteroatoms. The molecule has 0 amide bonds. The Morgan fingerprint density at radius 3 is 2.21 bits per heavy atom. The monoisotopic (exact) mass is 461 g/mol. The zero-order valence-corrected chi connectivity index (χ0v) is 24.4. The summed E-state index contributed by atoms with van der Waals surface area (Å²) in [5.41, 5.74) is 0.316. The van der Waals surface area contributed by atoms with Gasteiger partial charge in [0.25, 0.3) is 0 Å². The predicted molar refractivity (Wildman–Crippen MR) is 155 cm³/mol. The lowest BCUT2D eigenvalue weighted by Crippen LogP contribution is -2.31. The molecule has 0 bridgehead atoms. The van der Waals surface area contributed by atoms with Gasteiger partial charge in [0.05, 0.1) is 0 Å². The molecule has 1 aliphatic carbocycles. The third-order valence-corrected chi connectivity index (χ3v) is 7.25. The van der Waals surface area contributed by atoms with E-state index in [0.29, 0.717) is 23.2 Å². The molecule has 1 N–H and O–H groups in total. The Hall–Kier alpha value is -0.820. The minimum absolute atomic E-state index is 0.316. The quantitative estimate of drug-likeness (QED) is 0.189. The summed E-state index contributed by atoms with van der Waals surface area (Å²) >= 11 is 0. The number of rotatable bonds is 15. The van der Waals surface area contributed by atoms with Crippen LogP contribution in [-0.4, -0.2) is 13.1 Å². The van der Waals surface area contributed by atoms with Crippen molar-refractivity contribution in [1.82, 2.24) is 5.32 Å². The minimum atomic E-state index is 0.316. The molecule has 1 fully saturated rings. The molecule has 0 aromatic heterocycles. The van der Waals surface area contributed by atoms with Crippen molar-refractivity contribution in [3.8, 4) is 0 Å². The van der Waals surface area contributed by atoms with Gasteiger partial charge in [-0.25, -0.2) is 0 Å². The number of hydrogen-bond acceptors (Lipinski definition) is 1. The van der Waals surface area contributed by atoms with E-state index in [2.05, 4.69) is 76.9 Å². The molecule has 0 aliphatic heterocycles. The molecule has 1 aliphatic rings. The highest BCUT2D eigenvalue weighted by molar-refractivity contribution is 5.03. The SMILES string of the molecule is C=CC(C/C=C\C(C)(CC1CCCCC1)C(C)CCNCC(C)/C=C\C)CCC.CC.CC. The Balaban J connectivity index is 0. The zero-order valence-electron chi connectivity index (χ0n) is 24.4. The highest BCUT2D eigenvalue weighted by Gasteiger charge is 2.31. The van der Waals surface area contributed by atoms with Gasteiger partial charge in [-0.3, -0.25) is 0 Å². The van der Waals surface area contributed by atoms with Gasteiger partial charge in [0.15, 0.2) is 0 Å². The summed E-state index contributed by atoms with van der Waals surface area (Å²) in [7, 11) is 0. The van der Waals surface area contributed by atoms with Crippen molar-refractivity contribution in [3.63, 3.8) is 0 Å². The lowest BCUT2D eigenvalue weighted by molar-refractivity contribution is 0.175. The molecular formula is C32H63N. The predicted octanol–water partition coefficient (Wildman–Crippen LogP) is 10.4. The van der Waals surface area contributed by atoms with Crippen molar-refractivity contribution in [1.29, 1.82) is 0 Å². The Kier molecular flexibility index (Phi) is 23.9. The first-order valence-electron chi connectivity index (χ1n) is 14.6. The summed E-state index contributed by atoms with van der Waals surface area (Å²) in [6, 6.07) is 0. The smallest absolute Gasteiger partial charge is 0.00115 e. The standard InChI is InChI=1S/C28H51N.2C2H6/c1-7-14-24(4)23-29-21-19-25(5)28(6,22-27-16-11-10-12-17-27)20-13-18-26(9-3)15-8-2;2*1-2/h7,9,13-14,20,24-27,29H,3,8,10-12,15-19,21-23H2,1-2,4-6H3;2*1-2H3/b14-7-,20-13-;;. The average molecular weight is 462 g/mol. The fourth-order valence-corrected chi connectivity index (χ4v) is 5.04. The maximum absolute atomic E-state index is 4.05. The van der Waals surface area contributed by atoms with Crippen molar-refractivity contribution in [2.75, 3.05) is 13.1 Å². The number of hydrogen-bond donors (Lipinski definition) is 1. The fourth-order valence-electron chi connectivity index (χ4n) is 5.04. The van der Waals surface area contributed by atoms with Gasteiger partial charge in [-0.1, -0.05) is 124 Å². The first-order chi connectivity index (χ1) is 15.9. The summed E-state index contributed by atoms with van der Waals surface area (Å²) in [5.74, 6) is 2.89. The topological polar surface area (TPSA) is 12.0 Å². The molecule has 0 aromatic rings. The van der Waals surface area contributed by atoms with E-state index < -0.39 is 0 Å². The summed E-state index contributed by atoms with van der Waals surface area (Å²) in [4.78, 5) is 0. The van der Waals surface area contributed by atoms with E-state index in [1.807, 2.05) is 27.7 Å². The Morgan fingerprint density at radius 1 is 1.03 bits per heavy atom. The maximum Gasteiger partial charge on any atom is 0.00115 e. The molecular weight excluding hydrogens is 398 g/mol. The second-order valence-corrected chi connectivity index (χ2v) is 10.0. The summed E-state index contributed by atoms with van der Waals surface area (Å²) < 4.78 is 0. The largest absolute Gasteiger partial charge is 0.316 e. The second-order valence-electron chi connectivity index (χ2n) is 10.0. The van der Waals surface area contributed by atoms with Gasteiger partial charge in [0.1, 0.15) is 0 Å². The molecule has 0 saturated heterocycles. The van der Waals surface area contributed by atoms with Crippen molar-refractivity contribution >= 4 is 0 Å². The summed E-state index contributed by atoms with van der Waals surface area (Å²) in [5, 5.41) is 3.69. The van der Waals surface area contributed by atoms with Gasteiger partial charge in [-0.15, -0.1) is 6.58 Å². The van der Waals surface area contributed by atoms with Crippen LogP contribution in [0.3, 0.4) is 0 Å². The van der Waals surface area contributed by atoms with Gasteiger partial charge in [-0.2, -0.15) is 0 Å². The van der Waals surface area contributed by atoms with Crippen molar-refractivity contribution < 1.29 is 0 Å². The molecule has 1 saturated carbocycles. The van der Waals surface area contributed by atoms with Crippen molar-refractivity contribution in [3.05, 3.63) is 37.0 Å². The highest BCUT2D eigenvalue weighted by atomic mass is 14.8. The average Bonchev–Trinajstić information content (AvgIpc) is 2.84. The van der Waals surface area contributed by atoms with Crippen LogP contribution >= 0.6 is 0 Å². The lowest BCUT2D eigenvalue weighted by atomic mass is 9.68. The third kappa shape index (κ3) is 16.4. The van der Waals surface area contributed by atoms with E-state index in [1.165, 1.54) is 57.8 Å². The first kappa shape index (κ1) is 34.3. The normalized spacial score (nSPS) is 19.1. The summed E-state index contributed by atoms with van der Waals surface area (Å²) in [6.45, 7) is 26.0. The van der Waals surface area contributed by atoms with Crippen molar-refractivity contribution in [2.24, 2.45) is 29.1 Å². The van der Waals surface area contributed by atoms with Gasteiger partial charge >= 0.3 is 0 Å². The number of nitrogens with one attached hydrogen (secondary N) is 1. The molecule has 0 heterocycles. The zero-order chi connectivity index (χ0) is 25.5. The van der Waals surface area contributed by atoms with Gasteiger partial charge < -0.3 is 5.32 Å². The second kappa shape index (κ2) is 22.9. The van der Waals surface area contributed by atoms with Crippen LogP contribution in [0.15, 0.2) is 37.0 Å². The molecule has 1 rings (SSSR count). The fraction of sp³-hybridized carbons (Fsp3) is 0.812.